The first-order valence-corrected chi connectivity index (χ1v) is 12.6. The van der Waals surface area contributed by atoms with Gasteiger partial charge in [0.2, 0.25) is 0 Å². The summed E-state index contributed by atoms with van der Waals surface area (Å²) < 4.78 is 34.3. The lowest BCUT2D eigenvalue weighted by molar-refractivity contribution is 0.419. The van der Waals surface area contributed by atoms with E-state index in [4.69, 9.17) is 20.4 Å². The molecular weight excluding hydrogens is 488 g/mol. The Morgan fingerprint density at radius 2 is 2.00 bits per heavy atom. The molecule has 0 amide bonds. The van der Waals surface area contributed by atoms with Crippen molar-refractivity contribution in [1.82, 2.24) is 25.1 Å². The third-order valence-electron chi connectivity index (χ3n) is 8.41. The van der Waals surface area contributed by atoms with Crippen molar-refractivity contribution in [1.29, 1.82) is 0 Å². The number of nitrogens with two attached hydrogens (primary N) is 1. The third kappa shape index (κ3) is 3.16. The van der Waals surface area contributed by atoms with Crippen LogP contribution in [0.15, 0.2) is 54.9 Å². The van der Waals surface area contributed by atoms with Gasteiger partial charge in [0.15, 0.2) is 17.3 Å². The summed E-state index contributed by atoms with van der Waals surface area (Å²) in [6, 6.07) is 12.1. The molecule has 5 aromatic rings. The molecule has 0 bridgehead atoms. The zero-order valence-corrected chi connectivity index (χ0v) is 20.7. The Bertz CT molecular complexity index is 1710. The summed E-state index contributed by atoms with van der Waals surface area (Å²) in [5.74, 6) is 0.115. The van der Waals surface area contributed by atoms with Gasteiger partial charge in [-0.25, -0.2) is 18.7 Å². The number of aromatic nitrogens is 5. The Labute approximate surface area is 216 Å². The summed E-state index contributed by atoms with van der Waals surface area (Å²) in [6.45, 7) is 1.65. The molecule has 4 heterocycles. The number of rotatable bonds is 5. The SMILES string of the molecule is COc1ccc(-c2n[nH]c3nc(N4CC[C@@H]5[C@H](C4)[C@@]5(CN)c4cccc(F)c4F)cnc23)c2cccnc12. The van der Waals surface area contributed by atoms with Crippen molar-refractivity contribution >= 4 is 27.9 Å². The van der Waals surface area contributed by atoms with Gasteiger partial charge in [0.1, 0.15) is 28.3 Å². The molecule has 8 nitrogen and oxygen atoms in total. The minimum Gasteiger partial charge on any atom is -0.494 e. The lowest BCUT2D eigenvalue weighted by Gasteiger charge is -2.26. The van der Waals surface area contributed by atoms with E-state index in [9.17, 15) is 8.78 Å². The highest BCUT2D eigenvalue weighted by Gasteiger charge is 2.66. The standard InChI is InChI=1S/C28H25F2N7O/c1-38-21-8-7-16(15-4-3-10-32-24(15)21)25-26-27(36-35-25)34-22(12-33-26)37-11-9-17-19(13-37)28(17,14-31)18-5-2-6-20(29)23(18)30/h2-8,10,12,17,19H,9,11,13-14,31H2,1H3,(H,34,35,36)/t17-,19+,28-/m1/s1. The number of pyridine rings is 1. The summed E-state index contributed by atoms with van der Waals surface area (Å²) >= 11 is 0. The van der Waals surface area contributed by atoms with Gasteiger partial charge < -0.3 is 15.4 Å². The number of methoxy groups -OCH3 is 1. The normalized spacial score (nSPS) is 22.6. The minimum absolute atomic E-state index is 0.116. The number of aromatic amines is 1. The Morgan fingerprint density at radius 1 is 1.11 bits per heavy atom. The summed E-state index contributed by atoms with van der Waals surface area (Å²) in [5, 5.41) is 8.49. The molecule has 10 heteroatoms. The third-order valence-corrected chi connectivity index (χ3v) is 8.41. The van der Waals surface area contributed by atoms with Gasteiger partial charge in [0, 0.05) is 42.2 Å². The molecule has 2 aromatic carbocycles. The van der Waals surface area contributed by atoms with E-state index in [2.05, 4.69) is 20.1 Å². The second kappa shape index (κ2) is 8.42. The molecule has 0 spiro atoms. The van der Waals surface area contributed by atoms with Crippen LogP contribution < -0.4 is 15.4 Å². The van der Waals surface area contributed by atoms with Gasteiger partial charge in [-0.15, -0.1) is 0 Å². The fourth-order valence-electron chi connectivity index (χ4n) is 6.51. The molecule has 7 rings (SSSR count). The van der Waals surface area contributed by atoms with E-state index < -0.39 is 17.0 Å². The van der Waals surface area contributed by atoms with Gasteiger partial charge >= 0.3 is 0 Å². The summed E-state index contributed by atoms with van der Waals surface area (Å²) in [4.78, 5) is 16.2. The molecule has 38 heavy (non-hydrogen) atoms. The number of halogens is 2. The van der Waals surface area contributed by atoms with E-state index in [1.165, 1.54) is 0 Å². The number of anilines is 1. The topological polar surface area (TPSA) is 106 Å². The predicted octanol–water partition coefficient (Wildman–Crippen LogP) is 4.21. The maximum Gasteiger partial charge on any atom is 0.177 e. The zero-order chi connectivity index (χ0) is 26.0. The van der Waals surface area contributed by atoms with E-state index in [1.807, 2.05) is 24.3 Å². The molecule has 192 valence electrons. The summed E-state index contributed by atoms with van der Waals surface area (Å²) in [5.41, 5.74) is 9.57. The Morgan fingerprint density at radius 3 is 2.84 bits per heavy atom. The molecule has 1 aliphatic carbocycles. The van der Waals surface area contributed by atoms with Crippen molar-refractivity contribution in [2.75, 3.05) is 31.6 Å². The number of nitrogens with one attached hydrogen (secondary N) is 1. The number of hydrogen-bond donors (Lipinski definition) is 2. The number of ether oxygens (including phenoxy) is 1. The van der Waals surface area contributed by atoms with Crippen LogP contribution in [-0.4, -0.2) is 51.9 Å². The molecule has 3 atom stereocenters. The van der Waals surface area contributed by atoms with Crippen LogP contribution in [0.2, 0.25) is 0 Å². The number of piperidine rings is 1. The maximum atomic E-state index is 14.8. The fraction of sp³-hybridized carbons (Fsp3) is 0.286. The molecule has 0 unspecified atom stereocenters. The zero-order valence-electron chi connectivity index (χ0n) is 20.7. The number of nitrogens with zero attached hydrogens (tertiary/aromatic N) is 5. The summed E-state index contributed by atoms with van der Waals surface area (Å²) in [6.07, 6.45) is 4.30. The van der Waals surface area contributed by atoms with Crippen LogP contribution in [0.3, 0.4) is 0 Å². The van der Waals surface area contributed by atoms with Crippen LogP contribution >= 0.6 is 0 Å². The van der Waals surface area contributed by atoms with Crippen molar-refractivity contribution < 1.29 is 13.5 Å². The van der Waals surface area contributed by atoms with Gasteiger partial charge in [-0.1, -0.05) is 18.2 Å². The highest BCUT2D eigenvalue weighted by atomic mass is 19.2. The second-order valence-electron chi connectivity index (χ2n) is 10.0. The molecule has 3 N–H and O–H groups in total. The van der Waals surface area contributed by atoms with Crippen molar-refractivity contribution in [3.05, 3.63) is 72.1 Å². The first-order valence-electron chi connectivity index (χ1n) is 12.6. The lowest BCUT2D eigenvalue weighted by atomic mass is 9.90. The van der Waals surface area contributed by atoms with Crippen LogP contribution in [0, 0.1) is 23.5 Å². The van der Waals surface area contributed by atoms with E-state index in [-0.39, 0.29) is 18.4 Å². The minimum atomic E-state index is -0.831. The molecule has 3 aromatic heterocycles. The van der Waals surface area contributed by atoms with Crippen molar-refractivity contribution in [2.24, 2.45) is 17.6 Å². The van der Waals surface area contributed by atoms with Gasteiger partial charge in [0.05, 0.1) is 13.3 Å². The molecule has 1 saturated carbocycles. The second-order valence-corrected chi connectivity index (χ2v) is 10.0. The van der Waals surface area contributed by atoms with E-state index >= 15 is 0 Å². The Hall–Kier alpha value is -4.18. The molecule has 2 fully saturated rings. The van der Waals surface area contributed by atoms with Crippen LogP contribution in [0.25, 0.3) is 33.3 Å². The van der Waals surface area contributed by atoms with E-state index in [1.54, 1.807) is 31.6 Å². The van der Waals surface area contributed by atoms with E-state index in [0.717, 1.165) is 35.5 Å². The van der Waals surface area contributed by atoms with Gasteiger partial charge in [-0.05, 0) is 48.1 Å². The number of benzene rings is 2. The molecule has 1 saturated heterocycles. The maximum absolute atomic E-state index is 14.8. The van der Waals surface area contributed by atoms with Crippen LogP contribution in [-0.2, 0) is 5.41 Å². The number of H-pyrrole nitrogens is 1. The van der Waals surface area contributed by atoms with Crippen molar-refractivity contribution in [2.45, 2.75) is 11.8 Å². The smallest absolute Gasteiger partial charge is 0.177 e. The molecule has 0 radical (unpaired) electrons. The van der Waals surface area contributed by atoms with Crippen molar-refractivity contribution in [3.63, 3.8) is 0 Å². The van der Waals surface area contributed by atoms with Gasteiger partial charge in [-0.2, -0.15) is 5.10 Å². The monoisotopic (exact) mass is 513 g/mol. The Kier molecular flexibility index (Phi) is 5.09. The molecular formula is C28H25F2N7O. The van der Waals surface area contributed by atoms with Crippen LogP contribution in [0.4, 0.5) is 14.6 Å². The fourth-order valence-corrected chi connectivity index (χ4v) is 6.51. The van der Waals surface area contributed by atoms with Crippen LogP contribution in [0.1, 0.15) is 12.0 Å². The van der Waals surface area contributed by atoms with Gasteiger partial charge in [-0.3, -0.25) is 10.1 Å². The predicted molar refractivity (Wildman–Crippen MR) is 140 cm³/mol. The Balaban J connectivity index is 1.21. The average molecular weight is 514 g/mol. The first-order chi connectivity index (χ1) is 18.6. The van der Waals surface area contributed by atoms with Crippen LogP contribution in [0.5, 0.6) is 5.75 Å². The average Bonchev–Trinajstić information content (AvgIpc) is 3.42. The molecule has 2 aliphatic rings. The van der Waals surface area contributed by atoms with E-state index in [0.29, 0.717) is 40.5 Å². The number of fused-ring (bicyclic) bond motifs is 3. The largest absolute Gasteiger partial charge is 0.494 e. The highest BCUT2D eigenvalue weighted by Crippen LogP contribution is 2.63. The highest BCUT2D eigenvalue weighted by molar-refractivity contribution is 6.02. The first kappa shape index (κ1) is 23.0. The van der Waals surface area contributed by atoms with Gasteiger partial charge in [0.25, 0.3) is 0 Å². The lowest BCUT2D eigenvalue weighted by Crippen LogP contribution is -2.32. The number of hydrogen-bond acceptors (Lipinski definition) is 7. The molecule has 1 aliphatic heterocycles. The van der Waals surface area contributed by atoms with Crippen molar-refractivity contribution in [3.8, 4) is 17.0 Å². The summed E-state index contributed by atoms with van der Waals surface area (Å²) in [7, 11) is 1.62. The quantitative estimate of drug-likeness (QED) is 0.363.